The van der Waals surface area contributed by atoms with E-state index in [0.29, 0.717) is 53.8 Å². The van der Waals surface area contributed by atoms with Crippen LogP contribution in [-0.4, -0.2) is 68.9 Å². The number of likely N-dealkylation sites (tertiary alicyclic amines) is 1. The van der Waals surface area contributed by atoms with Gasteiger partial charge in [-0.1, -0.05) is 19.8 Å². The van der Waals surface area contributed by atoms with Crippen LogP contribution < -0.4 is 18.9 Å². The first-order valence-corrected chi connectivity index (χ1v) is 13.7. The lowest BCUT2D eigenvalue weighted by Crippen LogP contribution is -2.31. The van der Waals surface area contributed by atoms with E-state index in [1.165, 1.54) is 26.2 Å². The molecular weight excluding hydrogens is 514 g/mol. The highest BCUT2D eigenvalue weighted by molar-refractivity contribution is 6.46. The second-order valence-electron chi connectivity index (χ2n) is 9.80. The zero-order chi connectivity index (χ0) is 29.2. The third-order valence-corrected chi connectivity index (χ3v) is 6.68. The number of hydrogen-bond donors (Lipinski definition) is 1. The van der Waals surface area contributed by atoms with E-state index in [2.05, 4.69) is 6.92 Å². The fourth-order valence-corrected chi connectivity index (χ4v) is 4.68. The van der Waals surface area contributed by atoms with Crippen LogP contribution >= 0.6 is 0 Å². The highest BCUT2D eigenvalue weighted by Crippen LogP contribution is 2.45. The zero-order valence-corrected chi connectivity index (χ0v) is 24.3. The minimum atomic E-state index is -0.877. The third kappa shape index (κ3) is 7.07. The van der Waals surface area contributed by atoms with Gasteiger partial charge in [-0.3, -0.25) is 9.59 Å². The molecule has 1 atom stereocenters. The van der Waals surface area contributed by atoms with E-state index in [0.717, 1.165) is 19.3 Å². The summed E-state index contributed by atoms with van der Waals surface area (Å²) >= 11 is 0. The van der Waals surface area contributed by atoms with E-state index in [9.17, 15) is 14.7 Å². The number of nitrogens with zero attached hydrogens (tertiary/aromatic N) is 1. The van der Waals surface area contributed by atoms with Crippen molar-refractivity contribution in [1.82, 2.24) is 4.90 Å². The van der Waals surface area contributed by atoms with Gasteiger partial charge in [0.2, 0.25) is 5.75 Å². The number of Topliss-reactive ketones (excluding diaryl/α,β-unsaturated/α-hetero) is 1. The van der Waals surface area contributed by atoms with Crippen molar-refractivity contribution in [3.05, 3.63) is 53.1 Å². The van der Waals surface area contributed by atoms with Crippen molar-refractivity contribution in [2.75, 3.05) is 41.1 Å². The Labute approximate surface area is 236 Å². The Morgan fingerprint density at radius 2 is 1.57 bits per heavy atom. The summed E-state index contributed by atoms with van der Waals surface area (Å²) in [7, 11) is 4.48. The van der Waals surface area contributed by atoms with Crippen molar-refractivity contribution in [2.24, 2.45) is 0 Å². The van der Waals surface area contributed by atoms with Crippen LogP contribution in [0, 0.1) is 0 Å². The van der Waals surface area contributed by atoms with Gasteiger partial charge < -0.3 is 33.7 Å². The molecule has 1 aliphatic rings. The molecule has 3 rings (SSSR count). The van der Waals surface area contributed by atoms with E-state index in [4.69, 9.17) is 23.7 Å². The minimum Gasteiger partial charge on any atom is -0.507 e. The minimum absolute atomic E-state index is 0.0133. The molecule has 1 fully saturated rings. The molecule has 1 heterocycles. The maximum Gasteiger partial charge on any atom is 0.295 e. The summed E-state index contributed by atoms with van der Waals surface area (Å²) in [5, 5.41) is 11.4. The number of ketones is 1. The number of methoxy groups -OCH3 is 3. The summed E-state index contributed by atoms with van der Waals surface area (Å²) in [6.07, 6.45) is 3.70. The molecule has 1 unspecified atom stereocenters. The van der Waals surface area contributed by atoms with Crippen LogP contribution in [0.5, 0.6) is 23.0 Å². The molecule has 9 heteroatoms. The summed E-state index contributed by atoms with van der Waals surface area (Å²) in [6.45, 7) is 7.27. The summed E-state index contributed by atoms with van der Waals surface area (Å²) in [5.41, 5.74) is 0.927. The fourth-order valence-electron chi connectivity index (χ4n) is 4.68. The van der Waals surface area contributed by atoms with Crippen molar-refractivity contribution >= 4 is 17.4 Å². The molecular formula is C31H41NO8. The van der Waals surface area contributed by atoms with Crippen molar-refractivity contribution in [3.63, 3.8) is 0 Å². The monoisotopic (exact) mass is 555 g/mol. The number of carbonyl (C=O) groups is 2. The van der Waals surface area contributed by atoms with Gasteiger partial charge in [-0.25, -0.2) is 0 Å². The molecule has 0 spiro atoms. The second kappa shape index (κ2) is 14.6. The maximum atomic E-state index is 13.4. The smallest absolute Gasteiger partial charge is 0.295 e. The fraction of sp³-hybridized carbons (Fsp3) is 0.484. The molecule has 218 valence electrons. The number of aliphatic hydroxyl groups excluding tert-OH is 1. The molecule has 0 aromatic heterocycles. The Hall–Kier alpha value is -3.72. The molecule has 1 N–H and O–H groups in total. The molecule has 0 radical (unpaired) electrons. The number of hydrogen-bond acceptors (Lipinski definition) is 8. The molecule has 0 aliphatic carbocycles. The molecule has 9 nitrogen and oxygen atoms in total. The van der Waals surface area contributed by atoms with Crippen LogP contribution in [0.1, 0.15) is 63.6 Å². The standard InChI is InChI=1S/C31H41NO8/c1-7-8-9-16-40-23-13-11-21(12-14-23)28(33)26-27(22-18-24(36-4)30(38-6)25(19-22)37-5)32(31(35)29(26)34)15-10-17-39-20(2)3/h11-14,18-20,27,33H,7-10,15-17H2,1-6H3/b28-26+. The SMILES string of the molecule is CCCCCOc1ccc(/C(O)=C2\C(=O)C(=O)N(CCCOC(C)C)C2c2cc(OC)c(OC)c(OC)c2)cc1. The van der Waals surface area contributed by atoms with Crippen molar-refractivity contribution in [2.45, 2.75) is 58.6 Å². The van der Waals surface area contributed by atoms with Crippen LogP contribution in [0.15, 0.2) is 42.0 Å². The van der Waals surface area contributed by atoms with Gasteiger partial charge in [-0.05, 0) is 68.7 Å². The summed E-state index contributed by atoms with van der Waals surface area (Å²) in [4.78, 5) is 28.2. The van der Waals surface area contributed by atoms with Crippen LogP contribution in [0.25, 0.3) is 5.76 Å². The largest absolute Gasteiger partial charge is 0.507 e. The quantitative estimate of drug-likeness (QED) is 0.133. The van der Waals surface area contributed by atoms with Crippen molar-refractivity contribution in [3.8, 4) is 23.0 Å². The van der Waals surface area contributed by atoms with Gasteiger partial charge in [0, 0.05) is 18.7 Å². The van der Waals surface area contributed by atoms with Gasteiger partial charge in [0.25, 0.3) is 11.7 Å². The average molecular weight is 556 g/mol. The normalized spacial score (nSPS) is 16.5. The van der Waals surface area contributed by atoms with E-state index >= 15 is 0 Å². The van der Waals surface area contributed by atoms with Crippen LogP contribution in [0.4, 0.5) is 0 Å². The van der Waals surface area contributed by atoms with Crippen molar-refractivity contribution < 1.29 is 38.4 Å². The van der Waals surface area contributed by atoms with Gasteiger partial charge >= 0.3 is 0 Å². The Bertz CT molecular complexity index is 1160. The first-order chi connectivity index (χ1) is 19.3. The summed E-state index contributed by atoms with van der Waals surface area (Å²) in [5.74, 6) is 0.0625. The summed E-state index contributed by atoms with van der Waals surface area (Å²) in [6, 6.07) is 9.36. The number of unbranched alkanes of at least 4 members (excludes halogenated alkanes) is 2. The molecule has 40 heavy (non-hydrogen) atoms. The topological polar surface area (TPSA) is 104 Å². The Morgan fingerprint density at radius 1 is 0.925 bits per heavy atom. The number of aliphatic hydroxyl groups is 1. The number of carbonyl (C=O) groups excluding carboxylic acids is 2. The maximum absolute atomic E-state index is 13.4. The molecule has 0 saturated carbocycles. The van der Waals surface area contributed by atoms with Gasteiger partial charge in [0.05, 0.1) is 45.7 Å². The average Bonchev–Trinajstić information content (AvgIpc) is 3.21. The highest BCUT2D eigenvalue weighted by atomic mass is 16.5. The van der Waals surface area contributed by atoms with Gasteiger partial charge in [0.15, 0.2) is 11.5 Å². The molecule has 2 aromatic carbocycles. The predicted octanol–water partition coefficient (Wildman–Crippen LogP) is 5.52. The Morgan fingerprint density at radius 3 is 2.12 bits per heavy atom. The van der Waals surface area contributed by atoms with E-state index in [1.807, 2.05) is 13.8 Å². The van der Waals surface area contributed by atoms with Crippen LogP contribution in [-0.2, 0) is 14.3 Å². The Balaban J connectivity index is 2.05. The van der Waals surface area contributed by atoms with E-state index in [-0.39, 0.29) is 24.0 Å². The predicted molar refractivity (Wildman–Crippen MR) is 152 cm³/mol. The highest BCUT2D eigenvalue weighted by Gasteiger charge is 2.46. The van der Waals surface area contributed by atoms with E-state index < -0.39 is 17.7 Å². The van der Waals surface area contributed by atoms with Crippen molar-refractivity contribution in [1.29, 1.82) is 0 Å². The molecule has 1 saturated heterocycles. The lowest BCUT2D eigenvalue weighted by atomic mass is 9.94. The Kier molecular flexibility index (Phi) is 11.3. The summed E-state index contributed by atoms with van der Waals surface area (Å²) < 4.78 is 27.9. The number of ether oxygens (including phenoxy) is 5. The molecule has 1 aliphatic heterocycles. The van der Waals surface area contributed by atoms with Gasteiger partial charge in [-0.2, -0.15) is 0 Å². The zero-order valence-electron chi connectivity index (χ0n) is 24.3. The molecule has 1 amide bonds. The molecule has 0 bridgehead atoms. The van der Waals surface area contributed by atoms with Crippen LogP contribution in [0.3, 0.4) is 0 Å². The number of benzene rings is 2. The first kappa shape index (κ1) is 30.8. The number of amides is 1. The lowest BCUT2D eigenvalue weighted by Gasteiger charge is -2.26. The number of rotatable bonds is 15. The second-order valence-corrected chi connectivity index (χ2v) is 9.80. The van der Waals surface area contributed by atoms with Crippen LogP contribution in [0.2, 0.25) is 0 Å². The third-order valence-electron chi connectivity index (χ3n) is 6.68. The van der Waals surface area contributed by atoms with Gasteiger partial charge in [-0.15, -0.1) is 0 Å². The van der Waals surface area contributed by atoms with E-state index in [1.54, 1.807) is 36.4 Å². The first-order valence-electron chi connectivity index (χ1n) is 13.7. The molecule has 2 aromatic rings. The lowest BCUT2D eigenvalue weighted by molar-refractivity contribution is -0.140. The van der Waals surface area contributed by atoms with Gasteiger partial charge in [0.1, 0.15) is 11.5 Å².